The number of benzene rings is 1. The first-order valence-corrected chi connectivity index (χ1v) is 9.84. The Kier molecular flexibility index (Phi) is 4.45. The van der Waals surface area contributed by atoms with E-state index in [1.165, 1.54) is 6.07 Å². The highest BCUT2D eigenvalue weighted by Gasteiger charge is 2.27. The van der Waals surface area contributed by atoms with Gasteiger partial charge in [-0.3, -0.25) is 9.89 Å². The number of nitrogens with one attached hydrogen (secondary N) is 1. The molecule has 0 radical (unpaired) electrons. The van der Waals surface area contributed by atoms with E-state index >= 15 is 0 Å². The van der Waals surface area contributed by atoms with Crippen molar-refractivity contribution in [3.63, 3.8) is 0 Å². The summed E-state index contributed by atoms with van der Waals surface area (Å²) in [4.78, 5) is 14.9. The Morgan fingerprint density at radius 1 is 1.33 bits per heavy atom. The Morgan fingerprint density at radius 3 is 2.79 bits per heavy atom. The van der Waals surface area contributed by atoms with E-state index < -0.39 is 9.84 Å². The van der Waals surface area contributed by atoms with E-state index in [9.17, 15) is 13.2 Å². The SMILES string of the molecule is Cc1ccc(S(C)(=O)=O)cc1C(=O)N1CCCC(c2ccn[nH]2)C1. The first-order valence-electron chi connectivity index (χ1n) is 7.95. The maximum atomic E-state index is 12.9. The van der Waals surface area contributed by atoms with Gasteiger partial charge in [0, 0.05) is 42.7 Å². The molecule has 3 rings (SSSR count). The molecule has 0 aliphatic carbocycles. The summed E-state index contributed by atoms with van der Waals surface area (Å²) in [7, 11) is -3.34. The number of rotatable bonds is 3. The summed E-state index contributed by atoms with van der Waals surface area (Å²) in [6.07, 6.45) is 4.80. The highest BCUT2D eigenvalue weighted by molar-refractivity contribution is 7.90. The monoisotopic (exact) mass is 347 g/mol. The first-order chi connectivity index (χ1) is 11.4. The van der Waals surface area contributed by atoms with Gasteiger partial charge in [-0.2, -0.15) is 5.10 Å². The Hall–Kier alpha value is -2.15. The van der Waals surface area contributed by atoms with Gasteiger partial charge in [-0.05, 0) is 43.5 Å². The standard InChI is InChI=1S/C17H21N3O3S/c1-12-5-6-14(24(2,22)23)10-15(12)17(21)20-9-3-4-13(11-20)16-7-8-18-19-16/h5-8,10,13H,3-4,9,11H2,1-2H3,(H,18,19). The number of nitrogens with zero attached hydrogens (tertiary/aromatic N) is 2. The molecule has 1 saturated heterocycles. The van der Waals surface area contributed by atoms with Crippen molar-refractivity contribution < 1.29 is 13.2 Å². The maximum Gasteiger partial charge on any atom is 0.254 e. The van der Waals surface area contributed by atoms with Gasteiger partial charge in [0.15, 0.2) is 9.84 Å². The van der Waals surface area contributed by atoms with Crippen molar-refractivity contribution in [2.24, 2.45) is 0 Å². The molecule has 1 aliphatic heterocycles. The lowest BCUT2D eigenvalue weighted by Crippen LogP contribution is -2.39. The number of likely N-dealkylation sites (tertiary alicyclic amines) is 1. The van der Waals surface area contributed by atoms with Gasteiger partial charge in [0.2, 0.25) is 0 Å². The number of piperidine rings is 1. The lowest BCUT2D eigenvalue weighted by Gasteiger charge is -2.32. The van der Waals surface area contributed by atoms with E-state index in [0.717, 1.165) is 30.4 Å². The van der Waals surface area contributed by atoms with Crippen molar-refractivity contribution in [3.05, 3.63) is 47.3 Å². The number of H-pyrrole nitrogens is 1. The molecule has 1 aromatic heterocycles. The van der Waals surface area contributed by atoms with Gasteiger partial charge in [0.1, 0.15) is 0 Å². The average Bonchev–Trinajstić information content (AvgIpc) is 3.08. The Bertz CT molecular complexity index is 844. The molecule has 1 aliphatic rings. The summed E-state index contributed by atoms with van der Waals surface area (Å²) in [6.45, 7) is 3.13. The van der Waals surface area contributed by atoms with Gasteiger partial charge in [0.05, 0.1) is 4.90 Å². The second-order valence-corrected chi connectivity index (χ2v) is 8.37. The van der Waals surface area contributed by atoms with Gasteiger partial charge in [0.25, 0.3) is 5.91 Å². The van der Waals surface area contributed by atoms with E-state index in [1.807, 2.05) is 17.9 Å². The number of carbonyl (C=O) groups excluding carboxylic acids is 1. The van der Waals surface area contributed by atoms with Crippen LogP contribution in [0.15, 0.2) is 35.4 Å². The molecule has 1 aromatic carbocycles. The number of sulfone groups is 1. The lowest BCUT2D eigenvalue weighted by molar-refractivity contribution is 0.0705. The van der Waals surface area contributed by atoms with Crippen LogP contribution in [-0.4, -0.2) is 48.8 Å². The third-order valence-electron chi connectivity index (χ3n) is 4.54. The lowest BCUT2D eigenvalue weighted by atomic mass is 9.94. The van der Waals surface area contributed by atoms with Crippen LogP contribution in [0.1, 0.15) is 40.4 Å². The molecule has 1 N–H and O–H groups in total. The molecule has 2 aromatic rings. The molecule has 0 spiro atoms. The molecule has 1 amide bonds. The predicted octanol–water partition coefficient (Wildman–Crippen LogP) is 2.14. The van der Waals surface area contributed by atoms with Crippen LogP contribution >= 0.6 is 0 Å². The quantitative estimate of drug-likeness (QED) is 0.922. The number of carbonyl (C=O) groups is 1. The van der Waals surface area contributed by atoms with Crippen molar-refractivity contribution in [2.45, 2.75) is 30.6 Å². The number of amides is 1. The number of aryl methyl sites for hydroxylation is 1. The first kappa shape index (κ1) is 16.7. The van der Waals surface area contributed by atoms with Gasteiger partial charge >= 0.3 is 0 Å². The van der Waals surface area contributed by atoms with Crippen molar-refractivity contribution in [3.8, 4) is 0 Å². The van der Waals surface area contributed by atoms with Crippen LogP contribution in [0.25, 0.3) is 0 Å². The predicted molar refractivity (Wildman–Crippen MR) is 90.8 cm³/mol. The molecule has 24 heavy (non-hydrogen) atoms. The van der Waals surface area contributed by atoms with Crippen LogP contribution < -0.4 is 0 Å². The minimum Gasteiger partial charge on any atom is -0.338 e. The van der Waals surface area contributed by atoms with E-state index in [2.05, 4.69) is 10.2 Å². The zero-order valence-electron chi connectivity index (χ0n) is 13.8. The number of hydrogen-bond donors (Lipinski definition) is 1. The van der Waals surface area contributed by atoms with Crippen LogP contribution in [0.5, 0.6) is 0 Å². The minimum absolute atomic E-state index is 0.109. The van der Waals surface area contributed by atoms with E-state index in [0.29, 0.717) is 18.7 Å². The molecule has 1 atom stereocenters. The highest BCUT2D eigenvalue weighted by Crippen LogP contribution is 2.27. The Balaban J connectivity index is 1.86. The number of aromatic amines is 1. The summed E-state index contributed by atoms with van der Waals surface area (Å²) in [6, 6.07) is 6.67. The molecule has 1 unspecified atom stereocenters. The third-order valence-corrected chi connectivity index (χ3v) is 5.65. The van der Waals surface area contributed by atoms with E-state index in [4.69, 9.17) is 0 Å². The largest absolute Gasteiger partial charge is 0.338 e. The second kappa shape index (κ2) is 6.39. The van der Waals surface area contributed by atoms with E-state index in [1.54, 1.807) is 18.3 Å². The molecule has 6 nitrogen and oxygen atoms in total. The molecule has 7 heteroatoms. The zero-order valence-corrected chi connectivity index (χ0v) is 14.6. The summed E-state index contributed by atoms with van der Waals surface area (Å²) in [5.74, 6) is 0.130. The van der Waals surface area contributed by atoms with Gasteiger partial charge in [-0.25, -0.2) is 8.42 Å². The Labute approximate surface area is 141 Å². The topological polar surface area (TPSA) is 83.1 Å². The smallest absolute Gasteiger partial charge is 0.254 e. The molecular formula is C17H21N3O3S. The average molecular weight is 347 g/mol. The molecule has 2 heterocycles. The third kappa shape index (κ3) is 3.36. The van der Waals surface area contributed by atoms with Crippen LogP contribution in [0.2, 0.25) is 0 Å². The molecule has 128 valence electrons. The molecule has 0 saturated carbocycles. The van der Waals surface area contributed by atoms with Gasteiger partial charge < -0.3 is 4.90 Å². The van der Waals surface area contributed by atoms with Crippen molar-refractivity contribution in [1.29, 1.82) is 0 Å². The summed E-state index contributed by atoms with van der Waals surface area (Å²) < 4.78 is 23.5. The van der Waals surface area contributed by atoms with E-state index in [-0.39, 0.29) is 16.7 Å². The summed E-state index contributed by atoms with van der Waals surface area (Å²) >= 11 is 0. The van der Waals surface area contributed by atoms with Crippen molar-refractivity contribution in [2.75, 3.05) is 19.3 Å². The van der Waals surface area contributed by atoms with Gasteiger partial charge in [-0.1, -0.05) is 6.07 Å². The van der Waals surface area contributed by atoms with Crippen LogP contribution in [0, 0.1) is 6.92 Å². The fourth-order valence-corrected chi connectivity index (χ4v) is 3.79. The molecule has 1 fully saturated rings. The molecule has 0 bridgehead atoms. The second-order valence-electron chi connectivity index (χ2n) is 6.35. The zero-order chi connectivity index (χ0) is 17.3. The fourth-order valence-electron chi connectivity index (χ4n) is 3.14. The fraction of sp³-hybridized carbons (Fsp3) is 0.412. The maximum absolute atomic E-state index is 12.9. The number of aromatic nitrogens is 2. The minimum atomic E-state index is -3.34. The van der Waals surface area contributed by atoms with Crippen LogP contribution in [0.3, 0.4) is 0 Å². The van der Waals surface area contributed by atoms with Crippen LogP contribution in [-0.2, 0) is 9.84 Å². The van der Waals surface area contributed by atoms with Crippen molar-refractivity contribution in [1.82, 2.24) is 15.1 Å². The Morgan fingerprint density at radius 2 is 2.12 bits per heavy atom. The summed E-state index contributed by atoms with van der Waals surface area (Å²) in [5, 5.41) is 6.96. The van der Waals surface area contributed by atoms with Crippen molar-refractivity contribution >= 4 is 15.7 Å². The summed E-state index contributed by atoms with van der Waals surface area (Å²) in [5.41, 5.74) is 2.29. The normalized spacial score (nSPS) is 18.6. The van der Waals surface area contributed by atoms with Crippen LogP contribution in [0.4, 0.5) is 0 Å². The van der Waals surface area contributed by atoms with Gasteiger partial charge in [-0.15, -0.1) is 0 Å². The molecular weight excluding hydrogens is 326 g/mol. The number of hydrogen-bond acceptors (Lipinski definition) is 4. The highest BCUT2D eigenvalue weighted by atomic mass is 32.2.